The van der Waals surface area contributed by atoms with Gasteiger partial charge in [-0.05, 0) is 60.4 Å². The van der Waals surface area contributed by atoms with Crippen molar-refractivity contribution in [2.45, 2.75) is 19.8 Å². The number of nitrogens with zero attached hydrogens (tertiary/aromatic N) is 3. The van der Waals surface area contributed by atoms with Gasteiger partial charge in [-0.15, -0.1) is 0 Å². The summed E-state index contributed by atoms with van der Waals surface area (Å²) in [6.45, 7) is 2.32. The molecule has 1 aliphatic heterocycles. The molecule has 3 aromatic rings. The number of halogens is 1. The highest BCUT2D eigenvalue weighted by Crippen LogP contribution is 2.31. The van der Waals surface area contributed by atoms with Crippen molar-refractivity contribution < 1.29 is 13.9 Å². The fourth-order valence-corrected chi connectivity index (χ4v) is 3.48. The van der Waals surface area contributed by atoms with E-state index in [2.05, 4.69) is 9.97 Å². The van der Waals surface area contributed by atoms with E-state index in [4.69, 9.17) is 4.74 Å². The van der Waals surface area contributed by atoms with Crippen molar-refractivity contribution in [2.75, 3.05) is 18.6 Å². The Morgan fingerprint density at radius 1 is 1.21 bits per heavy atom. The monoisotopic (exact) mass is 377 g/mol. The first-order valence-electron chi connectivity index (χ1n) is 9.10. The predicted molar refractivity (Wildman–Crippen MR) is 104 cm³/mol. The number of aryl methyl sites for hydroxylation is 1. The van der Waals surface area contributed by atoms with Gasteiger partial charge in [0.05, 0.1) is 7.11 Å². The molecule has 0 fully saturated rings. The number of amides is 1. The molecule has 28 heavy (non-hydrogen) atoms. The van der Waals surface area contributed by atoms with E-state index < -0.39 is 5.82 Å². The molecule has 1 aromatic carbocycles. The molecule has 1 aliphatic rings. The summed E-state index contributed by atoms with van der Waals surface area (Å²) in [5, 5.41) is 0. The van der Waals surface area contributed by atoms with E-state index in [9.17, 15) is 9.18 Å². The van der Waals surface area contributed by atoms with Crippen LogP contribution in [0.5, 0.6) is 5.75 Å². The van der Waals surface area contributed by atoms with E-state index in [0.717, 1.165) is 28.1 Å². The topological polar surface area (TPSA) is 55.3 Å². The van der Waals surface area contributed by atoms with Crippen LogP contribution >= 0.6 is 0 Å². The van der Waals surface area contributed by atoms with Crippen LogP contribution < -0.4 is 9.64 Å². The number of pyridine rings is 2. The van der Waals surface area contributed by atoms with Gasteiger partial charge in [-0.3, -0.25) is 14.7 Å². The second kappa shape index (κ2) is 7.38. The third-order valence-electron chi connectivity index (χ3n) is 4.95. The summed E-state index contributed by atoms with van der Waals surface area (Å²) in [6.07, 6.45) is 4.52. The number of hydrogen-bond acceptors (Lipinski definition) is 4. The molecule has 1 amide bonds. The van der Waals surface area contributed by atoms with Crippen LogP contribution in [0, 0.1) is 12.7 Å². The number of anilines is 1. The lowest BCUT2D eigenvalue weighted by molar-refractivity contribution is 0.0978. The predicted octanol–water partition coefficient (Wildman–Crippen LogP) is 3.73. The van der Waals surface area contributed by atoms with Crippen LogP contribution in [-0.4, -0.2) is 29.5 Å². The Kier molecular flexibility index (Phi) is 4.77. The summed E-state index contributed by atoms with van der Waals surface area (Å²) in [7, 11) is 1.62. The molecule has 6 heteroatoms. The summed E-state index contributed by atoms with van der Waals surface area (Å²) in [4.78, 5) is 22.9. The molecule has 3 heterocycles. The van der Waals surface area contributed by atoms with Crippen molar-refractivity contribution in [1.29, 1.82) is 0 Å². The number of aromatic nitrogens is 2. The van der Waals surface area contributed by atoms with Crippen LogP contribution in [0.4, 0.5) is 10.2 Å². The minimum atomic E-state index is -0.501. The molecular weight excluding hydrogens is 357 g/mol. The average molecular weight is 377 g/mol. The molecule has 4 rings (SSSR count). The molecule has 0 spiro atoms. The van der Waals surface area contributed by atoms with Crippen molar-refractivity contribution in [1.82, 2.24) is 9.97 Å². The fraction of sp³-hybridized carbons (Fsp3) is 0.227. The number of methoxy groups -OCH3 is 1. The molecule has 0 radical (unpaired) electrons. The number of hydrogen-bond donors (Lipinski definition) is 0. The van der Waals surface area contributed by atoms with Crippen molar-refractivity contribution in [3.05, 3.63) is 82.6 Å². The molecular formula is C22H20FN3O2. The number of carbonyl (C=O) groups excluding carboxylic acids is 1. The van der Waals surface area contributed by atoms with Gasteiger partial charge < -0.3 is 4.74 Å². The smallest absolute Gasteiger partial charge is 0.259 e. The van der Waals surface area contributed by atoms with Gasteiger partial charge in [-0.1, -0.05) is 6.07 Å². The highest BCUT2D eigenvalue weighted by molar-refractivity contribution is 6.08. The first-order chi connectivity index (χ1) is 13.6. The SMILES string of the molecule is COc1cc2c(cc1Cc1ccc(C)nc1)C(=O)N(c1ncccc1F)CC2. The Morgan fingerprint density at radius 3 is 2.79 bits per heavy atom. The number of benzene rings is 1. The Hall–Kier alpha value is -3.28. The lowest BCUT2D eigenvalue weighted by Gasteiger charge is -2.29. The standard InChI is InChI=1S/C22H20FN3O2/c1-14-5-6-15(13-25-14)10-17-11-18-16(12-20(17)28-2)7-9-26(22(18)27)21-19(23)4-3-8-24-21/h3-6,8,11-13H,7,9-10H2,1-2H3. The Bertz CT molecular complexity index is 1030. The molecule has 0 saturated heterocycles. The third-order valence-corrected chi connectivity index (χ3v) is 4.95. The van der Waals surface area contributed by atoms with Crippen molar-refractivity contribution >= 4 is 11.7 Å². The summed E-state index contributed by atoms with van der Waals surface area (Å²) in [6, 6.07) is 10.6. The first kappa shape index (κ1) is 18.1. The summed E-state index contributed by atoms with van der Waals surface area (Å²) in [5.41, 5.74) is 4.33. The third kappa shape index (κ3) is 3.33. The van der Waals surface area contributed by atoms with E-state index in [1.165, 1.54) is 23.2 Å². The zero-order chi connectivity index (χ0) is 19.7. The fourth-order valence-electron chi connectivity index (χ4n) is 3.48. The Labute approximate surface area is 162 Å². The molecule has 0 aliphatic carbocycles. The highest BCUT2D eigenvalue weighted by atomic mass is 19.1. The summed E-state index contributed by atoms with van der Waals surface area (Å²) >= 11 is 0. The Morgan fingerprint density at radius 2 is 2.07 bits per heavy atom. The minimum absolute atomic E-state index is 0.0678. The summed E-state index contributed by atoms with van der Waals surface area (Å²) in [5.74, 6) is 0.0615. The molecule has 0 unspecified atom stereocenters. The van der Waals surface area contributed by atoms with Crippen molar-refractivity contribution in [3.8, 4) is 5.75 Å². The number of ether oxygens (including phenoxy) is 1. The van der Waals surface area contributed by atoms with Gasteiger partial charge in [-0.25, -0.2) is 9.37 Å². The van der Waals surface area contributed by atoms with Gasteiger partial charge in [0.25, 0.3) is 5.91 Å². The average Bonchev–Trinajstić information content (AvgIpc) is 2.71. The lowest BCUT2D eigenvalue weighted by atomic mass is 9.93. The van der Waals surface area contributed by atoms with E-state index >= 15 is 0 Å². The van der Waals surface area contributed by atoms with Crippen molar-refractivity contribution in [2.24, 2.45) is 0 Å². The van der Waals surface area contributed by atoms with Crippen LogP contribution in [0.1, 0.15) is 32.7 Å². The van der Waals surface area contributed by atoms with Crippen LogP contribution in [0.25, 0.3) is 0 Å². The van der Waals surface area contributed by atoms with Gasteiger partial charge in [0.15, 0.2) is 11.6 Å². The van der Waals surface area contributed by atoms with Crippen LogP contribution in [-0.2, 0) is 12.8 Å². The number of carbonyl (C=O) groups is 1. The van der Waals surface area contributed by atoms with E-state index in [1.807, 2.05) is 37.4 Å². The molecule has 0 N–H and O–H groups in total. The maximum Gasteiger partial charge on any atom is 0.259 e. The van der Waals surface area contributed by atoms with Gasteiger partial charge >= 0.3 is 0 Å². The minimum Gasteiger partial charge on any atom is -0.496 e. The van der Waals surface area contributed by atoms with Crippen LogP contribution in [0.15, 0.2) is 48.8 Å². The van der Waals surface area contributed by atoms with Crippen LogP contribution in [0.2, 0.25) is 0 Å². The van der Waals surface area contributed by atoms with Gasteiger partial charge in [0.2, 0.25) is 0 Å². The molecule has 0 atom stereocenters. The maximum absolute atomic E-state index is 14.2. The van der Waals surface area contributed by atoms with Crippen molar-refractivity contribution in [3.63, 3.8) is 0 Å². The second-order valence-corrected chi connectivity index (χ2v) is 6.82. The molecule has 0 saturated carbocycles. The largest absolute Gasteiger partial charge is 0.496 e. The number of rotatable bonds is 4. The van der Waals surface area contributed by atoms with E-state index in [0.29, 0.717) is 24.9 Å². The zero-order valence-electron chi connectivity index (χ0n) is 15.8. The lowest BCUT2D eigenvalue weighted by Crippen LogP contribution is -2.38. The summed E-state index contributed by atoms with van der Waals surface area (Å²) < 4.78 is 19.7. The first-order valence-corrected chi connectivity index (χ1v) is 9.10. The van der Waals surface area contributed by atoms with Gasteiger partial charge in [0.1, 0.15) is 5.75 Å². The zero-order valence-corrected chi connectivity index (χ0v) is 15.8. The van der Waals surface area contributed by atoms with Gasteiger partial charge in [0, 0.05) is 36.6 Å². The molecule has 0 bridgehead atoms. The molecule has 2 aromatic heterocycles. The van der Waals surface area contributed by atoms with E-state index in [-0.39, 0.29) is 11.7 Å². The molecule has 5 nitrogen and oxygen atoms in total. The highest BCUT2D eigenvalue weighted by Gasteiger charge is 2.29. The van der Waals surface area contributed by atoms with Gasteiger partial charge in [-0.2, -0.15) is 0 Å². The van der Waals surface area contributed by atoms with E-state index in [1.54, 1.807) is 7.11 Å². The Balaban J connectivity index is 1.71. The number of fused-ring (bicyclic) bond motifs is 1. The normalized spacial score (nSPS) is 13.4. The quantitative estimate of drug-likeness (QED) is 0.695. The second-order valence-electron chi connectivity index (χ2n) is 6.82. The van der Waals surface area contributed by atoms with Crippen LogP contribution in [0.3, 0.4) is 0 Å². The molecule has 142 valence electrons. The maximum atomic E-state index is 14.2.